The van der Waals surface area contributed by atoms with Gasteiger partial charge in [-0.1, -0.05) is 18.2 Å². The van der Waals surface area contributed by atoms with Gasteiger partial charge in [-0.05, 0) is 37.6 Å². The summed E-state index contributed by atoms with van der Waals surface area (Å²) >= 11 is 5.80. The molecule has 1 amide bonds. The van der Waals surface area contributed by atoms with E-state index in [2.05, 4.69) is 6.58 Å². The van der Waals surface area contributed by atoms with Gasteiger partial charge in [-0.3, -0.25) is 4.79 Å². The topological polar surface area (TPSA) is 20.3 Å². The molecule has 0 aliphatic carbocycles. The third-order valence-corrected chi connectivity index (χ3v) is 2.86. The number of amides is 1. The number of rotatable bonds is 1. The van der Waals surface area contributed by atoms with Crippen LogP contribution in [0.5, 0.6) is 0 Å². The molecule has 1 fully saturated rings. The molecule has 0 N–H and O–H groups in total. The molecule has 1 aromatic rings. The van der Waals surface area contributed by atoms with E-state index in [1.807, 2.05) is 19.1 Å². The number of carbonyl (C=O) groups is 1. The Morgan fingerprint density at radius 3 is 2.47 bits per heavy atom. The van der Waals surface area contributed by atoms with Gasteiger partial charge in [0.05, 0.1) is 0 Å². The van der Waals surface area contributed by atoms with Gasteiger partial charge in [0.25, 0.3) is 5.91 Å². The van der Waals surface area contributed by atoms with Crippen molar-refractivity contribution >= 4 is 23.2 Å². The summed E-state index contributed by atoms with van der Waals surface area (Å²) in [6.45, 7) is 5.78. The average molecular weight is 222 g/mol. The molecule has 2 rings (SSSR count). The Bertz CT molecular complexity index is 410. The molecule has 0 saturated carbocycles. The zero-order valence-electron chi connectivity index (χ0n) is 8.53. The van der Waals surface area contributed by atoms with Gasteiger partial charge < -0.3 is 4.90 Å². The summed E-state index contributed by atoms with van der Waals surface area (Å²) in [6, 6.07) is 7.48. The Labute approximate surface area is 94.2 Å². The van der Waals surface area contributed by atoms with E-state index in [0.29, 0.717) is 10.6 Å². The monoisotopic (exact) mass is 221 g/mol. The molecule has 1 saturated heterocycles. The fraction of sp³-hybridized carbons (Fsp3) is 0.250. The summed E-state index contributed by atoms with van der Waals surface area (Å²) in [5.41, 5.74) is 1.56. The molecule has 15 heavy (non-hydrogen) atoms. The number of nitrogens with zero attached hydrogens (tertiary/aromatic N) is 1. The normalized spacial score (nSPS) is 21.2. The fourth-order valence-electron chi connectivity index (χ4n) is 1.88. The second kappa shape index (κ2) is 3.70. The van der Waals surface area contributed by atoms with Crippen molar-refractivity contribution in [2.24, 2.45) is 0 Å². The lowest BCUT2D eigenvalue weighted by Crippen LogP contribution is -2.30. The zero-order chi connectivity index (χ0) is 11.0. The van der Waals surface area contributed by atoms with E-state index >= 15 is 0 Å². The van der Waals surface area contributed by atoms with Crippen molar-refractivity contribution in [3.63, 3.8) is 0 Å². The largest absolute Gasteiger partial charge is 0.306 e. The minimum Gasteiger partial charge on any atom is -0.306 e. The molecule has 1 atom stereocenters. The molecule has 1 unspecified atom stereocenters. The highest BCUT2D eigenvalue weighted by atomic mass is 35.5. The van der Waals surface area contributed by atoms with Crippen LogP contribution in [0.3, 0.4) is 0 Å². The molecular formula is C12H12ClNO. The molecule has 78 valence electrons. The van der Waals surface area contributed by atoms with Gasteiger partial charge in [0, 0.05) is 22.3 Å². The molecule has 0 radical (unpaired) electrons. The Morgan fingerprint density at radius 1 is 1.40 bits per heavy atom. The Kier molecular flexibility index (Phi) is 2.53. The van der Waals surface area contributed by atoms with E-state index in [0.717, 1.165) is 12.1 Å². The first-order valence-electron chi connectivity index (χ1n) is 4.86. The molecule has 1 aliphatic rings. The summed E-state index contributed by atoms with van der Waals surface area (Å²) in [4.78, 5) is 13.6. The molecule has 3 heteroatoms. The quantitative estimate of drug-likeness (QED) is 0.668. The van der Waals surface area contributed by atoms with Crippen molar-refractivity contribution in [2.45, 2.75) is 19.4 Å². The molecule has 1 aromatic carbocycles. The zero-order valence-corrected chi connectivity index (χ0v) is 9.29. The number of anilines is 1. The van der Waals surface area contributed by atoms with Crippen LogP contribution in [-0.4, -0.2) is 11.9 Å². The van der Waals surface area contributed by atoms with Gasteiger partial charge in [-0.15, -0.1) is 0 Å². The van der Waals surface area contributed by atoms with Gasteiger partial charge >= 0.3 is 0 Å². The SMILES string of the molecule is C=C1CC(C)N(c2ccc(Cl)cc2)C1=O. The van der Waals surface area contributed by atoms with E-state index in [1.165, 1.54) is 0 Å². The first-order valence-corrected chi connectivity index (χ1v) is 5.24. The highest BCUT2D eigenvalue weighted by Crippen LogP contribution is 2.29. The van der Waals surface area contributed by atoms with Crippen LogP contribution < -0.4 is 4.90 Å². The van der Waals surface area contributed by atoms with Gasteiger partial charge in [0.1, 0.15) is 0 Å². The van der Waals surface area contributed by atoms with Gasteiger partial charge in [-0.2, -0.15) is 0 Å². The van der Waals surface area contributed by atoms with Crippen molar-refractivity contribution < 1.29 is 4.79 Å². The van der Waals surface area contributed by atoms with E-state index in [9.17, 15) is 4.79 Å². The third kappa shape index (κ3) is 1.77. The lowest BCUT2D eigenvalue weighted by atomic mass is 10.2. The van der Waals surface area contributed by atoms with Crippen LogP contribution in [0.4, 0.5) is 5.69 Å². The molecule has 1 aliphatic heterocycles. The van der Waals surface area contributed by atoms with Crippen LogP contribution in [-0.2, 0) is 4.79 Å². The minimum absolute atomic E-state index is 0.0184. The van der Waals surface area contributed by atoms with Crippen LogP contribution in [0.15, 0.2) is 36.4 Å². The average Bonchev–Trinajstić information content (AvgIpc) is 2.44. The fourth-order valence-corrected chi connectivity index (χ4v) is 2.01. The highest BCUT2D eigenvalue weighted by molar-refractivity contribution is 6.30. The van der Waals surface area contributed by atoms with Gasteiger partial charge in [0.15, 0.2) is 0 Å². The summed E-state index contributed by atoms with van der Waals surface area (Å²) in [5.74, 6) is 0.0184. The number of carbonyl (C=O) groups excluding carboxylic acids is 1. The molecule has 2 nitrogen and oxygen atoms in total. The van der Waals surface area contributed by atoms with Crippen molar-refractivity contribution in [1.29, 1.82) is 0 Å². The minimum atomic E-state index is 0.0184. The van der Waals surface area contributed by atoms with Crippen LogP contribution in [0, 0.1) is 0 Å². The summed E-state index contributed by atoms with van der Waals surface area (Å²) in [6.07, 6.45) is 0.738. The van der Waals surface area contributed by atoms with Gasteiger partial charge in [0.2, 0.25) is 0 Å². The smallest absolute Gasteiger partial charge is 0.253 e. The molecule has 1 heterocycles. The number of benzene rings is 1. The van der Waals surface area contributed by atoms with Crippen LogP contribution in [0.25, 0.3) is 0 Å². The Hall–Kier alpha value is -1.28. The number of hydrogen-bond acceptors (Lipinski definition) is 1. The summed E-state index contributed by atoms with van der Waals surface area (Å²) in [7, 11) is 0. The molecule has 0 aromatic heterocycles. The maximum atomic E-state index is 11.8. The number of hydrogen-bond donors (Lipinski definition) is 0. The first-order chi connectivity index (χ1) is 7.09. The highest BCUT2D eigenvalue weighted by Gasteiger charge is 2.31. The maximum Gasteiger partial charge on any atom is 0.253 e. The summed E-state index contributed by atoms with van der Waals surface area (Å²) < 4.78 is 0. The Balaban J connectivity index is 2.35. The van der Waals surface area contributed by atoms with E-state index in [-0.39, 0.29) is 11.9 Å². The van der Waals surface area contributed by atoms with Crippen LogP contribution in [0.2, 0.25) is 5.02 Å². The summed E-state index contributed by atoms with van der Waals surface area (Å²) in [5, 5.41) is 0.678. The van der Waals surface area contributed by atoms with Crippen LogP contribution in [0.1, 0.15) is 13.3 Å². The van der Waals surface area contributed by atoms with Crippen molar-refractivity contribution in [3.8, 4) is 0 Å². The number of halogens is 1. The van der Waals surface area contributed by atoms with E-state index < -0.39 is 0 Å². The predicted octanol–water partition coefficient (Wildman–Crippen LogP) is 3.02. The van der Waals surface area contributed by atoms with E-state index in [4.69, 9.17) is 11.6 Å². The third-order valence-electron chi connectivity index (χ3n) is 2.61. The van der Waals surface area contributed by atoms with Crippen molar-refractivity contribution in [1.82, 2.24) is 0 Å². The van der Waals surface area contributed by atoms with E-state index in [1.54, 1.807) is 17.0 Å². The Morgan fingerprint density at radius 2 is 2.00 bits per heavy atom. The second-order valence-corrected chi connectivity index (χ2v) is 4.24. The first kappa shape index (κ1) is 10.2. The standard InChI is InChI=1S/C12H12ClNO/c1-8-7-9(2)14(12(8)15)11-5-3-10(13)4-6-11/h3-6,9H,1,7H2,2H3. The predicted molar refractivity (Wildman–Crippen MR) is 62.2 cm³/mol. The maximum absolute atomic E-state index is 11.8. The molecule has 0 bridgehead atoms. The van der Waals surface area contributed by atoms with Crippen molar-refractivity contribution in [2.75, 3.05) is 4.90 Å². The van der Waals surface area contributed by atoms with Gasteiger partial charge in [-0.25, -0.2) is 0 Å². The molecule has 0 spiro atoms. The molecular weight excluding hydrogens is 210 g/mol. The van der Waals surface area contributed by atoms with Crippen LogP contribution >= 0.6 is 11.6 Å². The van der Waals surface area contributed by atoms with Crippen molar-refractivity contribution in [3.05, 3.63) is 41.4 Å². The lowest BCUT2D eigenvalue weighted by Gasteiger charge is -2.21. The second-order valence-electron chi connectivity index (χ2n) is 3.81. The lowest BCUT2D eigenvalue weighted by molar-refractivity contribution is -0.114.